The molecule has 0 aliphatic carbocycles. The van der Waals surface area contributed by atoms with Gasteiger partial charge in [-0.25, -0.2) is 0 Å². The van der Waals surface area contributed by atoms with Gasteiger partial charge in [0, 0.05) is 5.57 Å². The first-order valence-corrected chi connectivity index (χ1v) is 7.87. The Labute approximate surface area is 155 Å². The quantitative estimate of drug-likeness (QED) is 0.180. The largest absolute Gasteiger partial charge is 0.513 e. The molecule has 0 atom stereocenters. The molecule has 0 saturated carbocycles. The van der Waals surface area contributed by atoms with Crippen LogP contribution in [0.2, 0.25) is 5.02 Å². The molecule has 8 nitrogen and oxygen atoms in total. The maximum Gasteiger partial charge on any atom is 0.141 e. The Balaban J connectivity index is 2.27. The molecular formula is C17H18ClN5O3. The predicted octanol–water partition coefficient (Wildman–Crippen LogP) is 1.88. The molecule has 9 heteroatoms. The van der Waals surface area contributed by atoms with E-state index >= 15 is 0 Å². The average Bonchev–Trinajstić information content (AvgIpc) is 2.66. The Kier molecular flexibility index (Phi) is 6.87. The molecule has 0 amide bonds. The van der Waals surface area contributed by atoms with Gasteiger partial charge in [0.15, 0.2) is 0 Å². The van der Waals surface area contributed by atoms with Crippen LogP contribution < -0.4 is 16.8 Å². The van der Waals surface area contributed by atoms with E-state index in [1.165, 1.54) is 11.3 Å². The van der Waals surface area contributed by atoms with Crippen LogP contribution >= 0.6 is 11.6 Å². The SMILES string of the molecule is NCO/C=C(N)/C(=C\O)Nc1cc(C2=C=CN(CC=O)N=C2)ccc1Cl. The topological polar surface area (TPSA) is 126 Å². The van der Waals surface area contributed by atoms with Crippen molar-refractivity contribution in [2.24, 2.45) is 16.6 Å². The van der Waals surface area contributed by atoms with Crippen LogP contribution in [0.1, 0.15) is 5.56 Å². The minimum absolute atomic E-state index is 0.0450. The molecule has 0 saturated heterocycles. The summed E-state index contributed by atoms with van der Waals surface area (Å²) >= 11 is 6.21. The molecule has 0 spiro atoms. The first kappa shape index (κ1) is 19.1. The Bertz CT molecular complexity index is 826. The first-order chi connectivity index (χ1) is 12.6. The van der Waals surface area contributed by atoms with Crippen LogP contribution in [0.15, 0.2) is 59.1 Å². The average molecular weight is 376 g/mol. The highest BCUT2D eigenvalue weighted by Gasteiger charge is 2.10. The van der Waals surface area contributed by atoms with E-state index < -0.39 is 0 Å². The zero-order valence-electron chi connectivity index (χ0n) is 13.7. The van der Waals surface area contributed by atoms with Crippen LogP contribution in [0.5, 0.6) is 0 Å². The van der Waals surface area contributed by atoms with Crippen LogP contribution in [0.25, 0.3) is 5.57 Å². The van der Waals surface area contributed by atoms with Crippen molar-refractivity contribution >= 4 is 35.4 Å². The highest BCUT2D eigenvalue weighted by atomic mass is 35.5. The lowest BCUT2D eigenvalue weighted by molar-refractivity contribution is -0.108. The van der Waals surface area contributed by atoms with E-state index in [9.17, 15) is 9.90 Å². The predicted molar refractivity (Wildman–Crippen MR) is 101 cm³/mol. The number of rotatable bonds is 8. The summed E-state index contributed by atoms with van der Waals surface area (Å²) in [6.07, 6.45) is 5.93. The number of carbonyl (C=O) groups excluding carboxylic acids is 1. The minimum atomic E-state index is -0.0450. The van der Waals surface area contributed by atoms with Crippen molar-refractivity contribution in [1.82, 2.24) is 5.01 Å². The molecule has 26 heavy (non-hydrogen) atoms. The zero-order chi connectivity index (χ0) is 18.9. The van der Waals surface area contributed by atoms with Crippen molar-refractivity contribution < 1.29 is 14.6 Å². The summed E-state index contributed by atoms with van der Waals surface area (Å²) in [5.74, 6) is 0. The number of hydrazone groups is 1. The standard InChI is InChI=1S/C17H18ClN5O3/c18-14-2-1-12(13-3-4-23(5-6-24)21-8-13)7-16(14)22-17(9-25)15(20)10-26-11-19/h1-2,4,6-10,22,25H,5,11,19-20H2/b15-10-,17-9+. The summed E-state index contributed by atoms with van der Waals surface area (Å²) in [5.41, 5.74) is 16.4. The van der Waals surface area contributed by atoms with Crippen LogP contribution in [-0.2, 0) is 9.53 Å². The van der Waals surface area contributed by atoms with Crippen LogP contribution in [0, 0.1) is 0 Å². The second kappa shape index (κ2) is 9.33. The number of allylic oxidation sites excluding steroid dienone is 1. The monoisotopic (exact) mass is 375 g/mol. The van der Waals surface area contributed by atoms with Gasteiger partial charge in [-0.15, -0.1) is 0 Å². The molecular weight excluding hydrogens is 358 g/mol. The van der Waals surface area contributed by atoms with Crippen LogP contribution in [-0.4, -0.2) is 35.9 Å². The lowest BCUT2D eigenvalue weighted by Crippen LogP contribution is -2.14. The van der Waals surface area contributed by atoms with E-state index in [1.807, 2.05) is 0 Å². The molecule has 1 aromatic carbocycles. The summed E-state index contributed by atoms with van der Waals surface area (Å²) in [7, 11) is 0. The number of hydrogen-bond acceptors (Lipinski definition) is 8. The van der Waals surface area contributed by atoms with E-state index in [2.05, 4.69) is 16.1 Å². The van der Waals surface area contributed by atoms with Gasteiger partial charge in [-0.05, 0) is 17.7 Å². The number of aldehydes is 1. The molecule has 136 valence electrons. The van der Waals surface area contributed by atoms with Crippen LogP contribution in [0.3, 0.4) is 0 Å². The molecule has 1 aliphatic rings. The van der Waals surface area contributed by atoms with E-state index in [-0.39, 0.29) is 24.7 Å². The fourth-order valence-electron chi connectivity index (χ4n) is 1.99. The molecule has 0 bridgehead atoms. The van der Waals surface area contributed by atoms with Crippen molar-refractivity contribution in [2.75, 3.05) is 18.6 Å². The fourth-order valence-corrected chi connectivity index (χ4v) is 2.16. The number of halogens is 1. The summed E-state index contributed by atoms with van der Waals surface area (Å²) in [6.45, 7) is 0.113. The summed E-state index contributed by atoms with van der Waals surface area (Å²) in [4.78, 5) is 10.5. The van der Waals surface area contributed by atoms with Gasteiger partial charge in [0.2, 0.25) is 0 Å². The van der Waals surface area contributed by atoms with Gasteiger partial charge in [-0.2, -0.15) is 5.10 Å². The minimum Gasteiger partial charge on any atom is -0.513 e. The lowest BCUT2D eigenvalue weighted by Gasteiger charge is -2.15. The molecule has 1 aliphatic heterocycles. The number of benzene rings is 1. The fraction of sp³-hybridized carbons (Fsp3) is 0.118. The molecule has 0 fully saturated rings. The number of hydrogen-bond donors (Lipinski definition) is 4. The van der Waals surface area contributed by atoms with E-state index in [0.29, 0.717) is 16.3 Å². The van der Waals surface area contributed by atoms with Gasteiger partial charge in [0.1, 0.15) is 25.5 Å². The summed E-state index contributed by atoms with van der Waals surface area (Å²) in [6, 6.07) is 5.23. The van der Waals surface area contributed by atoms with Gasteiger partial charge in [0.25, 0.3) is 0 Å². The maximum absolute atomic E-state index is 10.5. The zero-order valence-corrected chi connectivity index (χ0v) is 14.5. The highest BCUT2D eigenvalue weighted by Crippen LogP contribution is 2.28. The van der Waals surface area contributed by atoms with Crippen molar-refractivity contribution in [3.05, 3.63) is 64.6 Å². The normalized spacial score (nSPS) is 14.2. The second-order valence-corrected chi connectivity index (χ2v) is 5.40. The summed E-state index contributed by atoms with van der Waals surface area (Å²) in [5, 5.41) is 18.3. The molecule has 2 rings (SSSR count). The maximum atomic E-state index is 10.5. The number of carbonyl (C=O) groups is 1. The smallest absolute Gasteiger partial charge is 0.141 e. The lowest BCUT2D eigenvalue weighted by atomic mass is 10.1. The van der Waals surface area contributed by atoms with Crippen LogP contribution in [0.4, 0.5) is 5.69 Å². The number of nitrogens with zero attached hydrogens (tertiary/aromatic N) is 2. The highest BCUT2D eigenvalue weighted by molar-refractivity contribution is 6.33. The van der Waals surface area contributed by atoms with E-state index in [1.54, 1.807) is 30.6 Å². The molecule has 6 N–H and O–H groups in total. The first-order valence-electron chi connectivity index (χ1n) is 7.49. The molecule has 0 aromatic heterocycles. The van der Waals surface area contributed by atoms with Gasteiger partial charge in [-0.1, -0.05) is 23.4 Å². The Morgan fingerprint density at radius 2 is 2.31 bits per heavy atom. The second-order valence-electron chi connectivity index (χ2n) is 4.99. The Hall–Kier alpha value is -3.19. The number of anilines is 1. The van der Waals surface area contributed by atoms with Gasteiger partial charge in [-0.3, -0.25) is 10.7 Å². The third kappa shape index (κ3) is 4.90. The third-order valence-corrected chi connectivity index (χ3v) is 3.59. The number of nitrogens with two attached hydrogens (primary N) is 2. The van der Waals surface area contributed by atoms with E-state index in [0.717, 1.165) is 18.1 Å². The number of nitrogens with one attached hydrogen (secondary N) is 1. The van der Waals surface area contributed by atoms with Crippen molar-refractivity contribution in [3.63, 3.8) is 0 Å². The molecule has 1 heterocycles. The van der Waals surface area contributed by atoms with Gasteiger partial charge >= 0.3 is 0 Å². The number of ether oxygens (including phenoxy) is 1. The van der Waals surface area contributed by atoms with Gasteiger partial charge in [0.05, 0.1) is 41.1 Å². The molecule has 1 aromatic rings. The number of aliphatic hydroxyl groups is 1. The van der Waals surface area contributed by atoms with Crippen molar-refractivity contribution in [1.29, 1.82) is 0 Å². The summed E-state index contributed by atoms with van der Waals surface area (Å²) < 4.78 is 4.90. The molecule has 0 radical (unpaired) electrons. The number of aliphatic hydroxyl groups excluding tert-OH is 1. The third-order valence-electron chi connectivity index (χ3n) is 3.26. The van der Waals surface area contributed by atoms with Gasteiger partial charge < -0.3 is 25.7 Å². The Morgan fingerprint density at radius 3 is 2.92 bits per heavy atom. The Morgan fingerprint density at radius 1 is 1.50 bits per heavy atom. The van der Waals surface area contributed by atoms with Crippen molar-refractivity contribution in [3.8, 4) is 0 Å². The molecule has 0 unspecified atom stereocenters. The van der Waals surface area contributed by atoms with E-state index in [4.69, 9.17) is 27.8 Å². The van der Waals surface area contributed by atoms with Crippen molar-refractivity contribution in [2.45, 2.75) is 0 Å².